The number of hydrogen-bond donors (Lipinski definition) is 0. The van der Waals surface area contributed by atoms with Crippen LogP contribution in [0.3, 0.4) is 0 Å². The van der Waals surface area contributed by atoms with Gasteiger partial charge in [0.15, 0.2) is 0 Å². The number of carbonyl (C=O) groups excluding carboxylic acids is 1. The van der Waals surface area contributed by atoms with Gasteiger partial charge in [0.05, 0.1) is 25.3 Å². The van der Waals surface area contributed by atoms with Crippen LogP contribution >= 0.6 is 0 Å². The van der Waals surface area contributed by atoms with E-state index < -0.39 is 0 Å². The van der Waals surface area contributed by atoms with Crippen molar-refractivity contribution in [3.05, 3.63) is 66.0 Å². The first-order valence-corrected chi connectivity index (χ1v) is 8.31. The zero-order chi connectivity index (χ0) is 18.5. The number of benzene rings is 2. The second-order valence-electron chi connectivity index (χ2n) is 6.02. The van der Waals surface area contributed by atoms with Crippen LogP contribution in [0, 0.1) is 0 Å². The molecule has 1 aromatic heterocycles. The molecule has 26 heavy (non-hydrogen) atoms. The van der Waals surface area contributed by atoms with Gasteiger partial charge in [-0.1, -0.05) is 30.3 Å². The Morgan fingerprint density at radius 3 is 2.58 bits per heavy atom. The van der Waals surface area contributed by atoms with Crippen LogP contribution in [0.15, 0.2) is 54.9 Å². The number of tetrazole rings is 1. The van der Waals surface area contributed by atoms with Crippen molar-refractivity contribution in [3.63, 3.8) is 0 Å². The quantitative estimate of drug-likeness (QED) is 0.682. The van der Waals surface area contributed by atoms with Gasteiger partial charge < -0.3 is 9.64 Å². The summed E-state index contributed by atoms with van der Waals surface area (Å²) in [5.41, 5.74) is 2.77. The van der Waals surface area contributed by atoms with Crippen molar-refractivity contribution in [2.24, 2.45) is 0 Å². The summed E-state index contributed by atoms with van der Waals surface area (Å²) in [5, 5.41) is 11.1. The van der Waals surface area contributed by atoms with Gasteiger partial charge in [0.2, 0.25) is 5.91 Å². The van der Waals surface area contributed by atoms with E-state index in [1.54, 1.807) is 16.7 Å². The third-order valence-corrected chi connectivity index (χ3v) is 4.47. The number of amides is 1. The van der Waals surface area contributed by atoms with E-state index in [9.17, 15) is 4.79 Å². The molecule has 0 aliphatic heterocycles. The molecule has 134 valence electrons. The number of nitrogens with zero attached hydrogens (tertiary/aromatic N) is 5. The average molecular weight is 351 g/mol. The van der Waals surface area contributed by atoms with Gasteiger partial charge in [0, 0.05) is 12.6 Å². The number of likely N-dealkylation sites (N-methyl/N-ethyl adjacent to an activating group) is 1. The van der Waals surface area contributed by atoms with Gasteiger partial charge >= 0.3 is 0 Å². The lowest BCUT2D eigenvalue weighted by Crippen LogP contribution is -2.31. The topological polar surface area (TPSA) is 73.1 Å². The summed E-state index contributed by atoms with van der Waals surface area (Å²) >= 11 is 0. The molecular formula is C19H21N5O2. The third kappa shape index (κ3) is 3.72. The maximum atomic E-state index is 12.7. The SMILES string of the molecule is COc1ccccc1C(C)N(C)C(=O)Cc1ccc(-n2cnnn2)cc1. The molecular weight excluding hydrogens is 330 g/mol. The highest BCUT2D eigenvalue weighted by atomic mass is 16.5. The fourth-order valence-corrected chi connectivity index (χ4v) is 2.78. The highest BCUT2D eigenvalue weighted by Crippen LogP contribution is 2.28. The molecule has 0 spiro atoms. The Bertz CT molecular complexity index is 862. The Morgan fingerprint density at radius 1 is 1.19 bits per heavy atom. The van der Waals surface area contributed by atoms with E-state index in [0.29, 0.717) is 6.42 Å². The Balaban J connectivity index is 1.69. The van der Waals surface area contributed by atoms with Crippen LogP contribution in [0.1, 0.15) is 24.1 Å². The first-order chi connectivity index (χ1) is 12.6. The van der Waals surface area contributed by atoms with Gasteiger partial charge in [-0.2, -0.15) is 0 Å². The lowest BCUT2D eigenvalue weighted by Gasteiger charge is -2.26. The molecule has 0 saturated heterocycles. The summed E-state index contributed by atoms with van der Waals surface area (Å²) < 4.78 is 6.98. The lowest BCUT2D eigenvalue weighted by molar-refractivity contribution is -0.131. The largest absolute Gasteiger partial charge is 0.496 e. The van der Waals surface area contributed by atoms with E-state index >= 15 is 0 Å². The molecule has 1 amide bonds. The Labute approximate surface area is 152 Å². The highest BCUT2D eigenvalue weighted by Gasteiger charge is 2.20. The van der Waals surface area contributed by atoms with Gasteiger partial charge in [0.25, 0.3) is 0 Å². The molecule has 3 rings (SSSR count). The molecule has 0 fully saturated rings. The number of para-hydroxylation sites is 1. The van der Waals surface area contributed by atoms with Crippen molar-refractivity contribution in [3.8, 4) is 11.4 Å². The first-order valence-electron chi connectivity index (χ1n) is 8.31. The Hall–Kier alpha value is -3.22. The van der Waals surface area contributed by atoms with E-state index in [1.807, 2.05) is 62.5 Å². The van der Waals surface area contributed by atoms with Gasteiger partial charge in [-0.05, 0) is 41.1 Å². The monoisotopic (exact) mass is 351 g/mol. The summed E-state index contributed by atoms with van der Waals surface area (Å²) in [6, 6.07) is 15.3. The van der Waals surface area contributed by atoms with E-state index in [1.165, 1.54) is 6.33 Å². The number of rotatable bonds is 6. The van der Waals surface area contributed by atoms with Gasteiger partial charge in [0.1, 0.15) is 12.1 Å². The summed E-state index contributed by atoms with van der Waals surface area (Å²) in [5.74, 6) is 0.823. The van der Waals surface area contributed by atoms with Gasteiger partial charge in [-0.15, -0.1) is 5.10 Å². The lowest BCUT2D eigenvalue weighted by atomic mass is 10.0. The predicted octanol–water partition coefficient (Wildman–Crippen LogP) is 2.43. The second-order valence-corrected chi connectivity index (χ2v) is 6.02. The van der Waals surface area contributed by atoms with Crippen LogP contribution in [-0.4, -0.2) is 45.2 Å². The molecule has 1 atom stereocenters. The number of methoxy groups -OCH3 is 1. The summed E-state index contributed by atoms with van der Waals surface area (Å²) in [7, 11) is 3.45. The molecule has 3 aromatic rings. The molecule has 1 heterocycles. The molecule has 0 bridgehead atoms. The van der Waals surface area contributed by atoms with Crippen LogP contribution in [-0.2, 0) is 11.2 Å². The van der Waals surface area contributed by atoms with Crippen molar-refractivity contribution in [2.75, 3.05) is 14.2 Å². The van der Waals surface area contributed by atoms with Gasteiger partial charge in [-0.25, -0.2) is 4.68 Å². The van der Waals surface area contributed by atoms with Crippen molar-refractivity contribution < 1.29 is 9.53 Å². The molecule has 7 heteroatoms. The molecule has 0 saturated carbocycles. The summed E-state index contributed by atoms with van der Waals surface area (Å²) in [4.78, 5) is 14.4. The second kappa shape index (κ2) is 7.77. The first kappa shape index (κ1) is 17.6. The number of aromatic nitrogens is 4. The average Bonchev–Trinajstić information content (AvgIpc) is 3.22. The fourth-order valence-electron chi connectivity index (χ4n) is 2.78. The van der Waals surface area contributed by atoms with E-state index in [2.05, 4.69) is 15.5 Å². The standard InChI is InChI=1S/C19H21N5O2/c1-14(17-6-4-5-7-18(17)26-3)23(2)19(25)12-15-8-10-16(11-9-15)24-13-20-21-22-24/h4-11,13-14H,12H2,1-3H3. The highest BCUT2D eigenvalue weighted by molar-refractivity contribution is 5.79. The van der Waals surface area contributed by atoms with Crippen LogP contribution in [0.5, 0.6) is 5.75 Å². The van der Waals surface area contributed by atoms with Crippen LogP contribution in [0.25, 0.3) is 5.69 Å². The third-order valence-electron chi connectivity index (χ3n) is 4.47. The molecule has 0 N–H and O–H groups in total. The summed E-state index contributed by atoms with van der Waals surface area (Å²) in [6.45, 7) is 2.00. The van der Waals surface area contributed by atoms with Crippen LogP contribution in [0.2, 0.25) is 0 Å². The molecule has 2 aromatic carbocycles. The smallest absolute Gasteiger partial charge is 0.227 e. The van der Waals surface area contributed by atoms with Crippen molar-refractivity contribution >= 4 is 5.91 Å². The zero-order valence-electron chi connectivity index (χ0n) is 15.0. The molecule has 1 unspecified atom stereocenters. The molecule has 0 aliphatic carbocycles. The minimum absolute atomic E-state index is 0.0404. The zero-order valence-corrected chi connectivity index (χ0v) is 15.0. The van der Waals surface area contributed by atoms with Gasteiger partial charge in [-0.3, -0.25) is 4.79 Å². The van der Waals surface area contributed by atoms with E-state index in [0.717, 1.165) is 22.6 Å². The van der Waals surface area contributed by atoms with Crippen LogP contribution < -0.4 is 4.74 Å². The Kier molecular flexibility index (Phi) is 5.26. The maximum absolute atomic E-state index is 12.7. The minimum Gasteiger partial charge on any atom is -0.496 e. The normalized spacial score (nSPS) is 11.8. The van der Waals surface area contributed by atoms with Crippen molar-refractivity contribution in [2.45, 2.75) is 19.4 Å². The minimum atomic E-state index is -0.0841. The van der Waals surface area contributed by atoms with E-state index in [-0.39, 0.29) is 11.9 Å². The maximum Gasteiger partial charge on any atom is 0.227 e. The van der Waals surface area contributed by atoms with Crippen molar-refractivity contribution in [1.29, 1.82) is 0 Å². The molecule has 0 aliphatic rings. The van der Waals surface area contributed by atoms with Crippen molar-refractivity contribution in [1.82, 2.24) is 25.1 Å². The predicted molar refractivity (Wildman–Crippen MR) is 97.0 cm³/mol. The molecule has 7 nitrogen and oxygen atoms in total. The fraction of sp³-hybridized carbons (Fsp3) is 0.263. The van der Waals surface area contributed by atoms with Crippen LogP contribution in [0.4, 0.5) is 0 Å². The summed E-state index contributed by atoms with van der Waals surface area (Å²) in [6.07, 6.45) is 1.86. The molecule has 0 radical (unpaired) electrons. The number of hydrogen-bond acceptors (Lipinski definition) is 5. The number of carbonyl (C=O) groups is 1. The number of ether oxygens (including phenoxy) is 1. The van der Waals surface area contributed by atoms with E-state index in [4.69, 9.17) is 4.74 Å². The Morgan fingerprint density at radius 2 is 1.92 bits per heavy atom.